The quantitative estimate of drug-likeness (QED) is 0.370. The van der Waals surface area contributed by atoms with E-state index in [1.165, 1.54) is 42.3 Å². The molecule has 3 aromatic rings. The van der Waals surface area contributed by atoms with Crippen molar-refractivity contribution in [2.24, 2.45) is 0 Å². The summed E-state index contributed by atoms with van der Waals surface area (Å²) in [6, 6.07) is 16.5. The van der Waals surface area contributed by atoms with Crippen LogP contribution in [0.3, 0.4) is 0 Å². The highest BCUT2D eigenvalue weighted by molar-refractivity contribution is 7.92. The van der Waals surface area contributed by atoms with Crippen LogP contribution in [0.25, 0.3) is 0 Å². The van der Waals surface area contributed by atoms with E-state index in [0.29, 0.717) is 15.6 Å². The van der Waals surface area contributed by atoms with Gasteiger partial charge in [0.1, 0.15) is 12.6 Å². The van der Waals surface area contributed by atoms with E-state index < -0.39 is 34.4 Å². The number of carbonyl (C=O) groups excluding carboxylic acids is 2. The van der Waals surface area contributed by atoms with E-state index >= 15 is 0 Å². The fraction of sp³-hybridized carbons (Fsp3) is 0.231. The summed E-state index contributed by atoms with van der Waals surface area (Å²) >= 11 is 18.7. The van der Waals surface area contributed by atoms with Gasteiger partial charge in [0.2, 0.25) is 11.8 Å². The molecule has 1 N–H and O–H groups in total. The third kappa shape index (κ3) is 6.76. The molecule has 11 heteroatoms. The highest BCUT2D eigenvalue weighted by Gasteiger charge is 2.33. The van der Waals surface area contributed by atoms with Gasteiger partial charge in [-0.15, -0.1) is 0 Å². The van der Waals surface area contributed by atoms with Crippen molar-refractivity contribution in [3.05, 3.63) is 92.9 Å². The molecule has 2 amide bonds. The van der Waals surface area contributed by atoms with Crippen molar-refractivity contribution in [2.45, 2.75) is 31.3 Å². The molecule has 0 aliphatic rings. The Balaban J connectivity index is 2.06. The Morgan fingerprint density at radius 2 is 1.59 bits per heavy atom. The topological polar surface area (TPSA) is 86.8 Å². The number of nitrogens with one attached hydrogen (secondary N) is 1. The first-order valence-corrected chi connectivity index (χ1v) is 13.8. The number of likely N-dealkylation sites (N-methyl/N-ethyl adjacent to an activating group) is 1. The maximum absolute atomic E-state index is 13.7. The number of anilines is 1. The molecule has 37 heavy (non-hydrogen) atoms. The van der Waals surface area contributed by atoms with E-state index in [2.05, 4.69) is 5.32 Å². The number of rotatable bonds is 9. The van der Waals surface area contributed by atoms with Gasteiger partial charge in [-0.2, -0.15) is 0 Å². The summed E-state index contributed by atoms with van der Waals surface area (Å²) in [6.45, 7) is 2.73. The number of benzene rings is 3. The number of hydrogen-bond acceptors (Lipinski definition) is 4. The Hall–Kier alpha value is -2.78. The zero-order valence-corrected chi connectivity index (χ0v) is 23.5. The molecule has 0 saturated heterocycles. The summed E-state index contributed by atoms with van der Waals surface area (Å²) in [4.78, 5) is 27.5. The lowest BCUT2D eigenvalue weighted by atomic mass is 10.1. The molecule has 0 aliphatic carbocycles. The maximum atomic E-state index is 13.7. The third-order valence-electron chi connectivity index (χ3n) is 5.78. The molecule has 0 spiro atoms. The summed E-state index contributed by atoms with van der Waals surface area (Å²) in [5.74, 6) is -1.05. The summed E-state index contributed by atoms with van der Waals surface area (Å²) < 4.78 is 28.4. The predicted octanol–water partition coefficient (Wildman–Crippen LogP) is 5.31. The van der Waals surface area contributed by atoms with Crippen LogP contribution in [0.2, 0.25) is 15.1 Å². The highest BCUT2D eigenvalue weighted by atomic mass is 35.5. The first-order chi connectivity index (χ1) is 17.4. The van der Waals surface area contributed by atoms with Crippen LogP contribution in [-0.4, -0.2) is 44.8 Å². The van der Waals surface area contributed by atoms with Crippen LogP contribution >= 0.6 is 34.8 Å². The minimum absolute atomic E-state index is 0.00235. The van der Waals surface area contributed by atoms with Crippen molar-refractivity contribution in [1.29, 1.82) is 0 Å². The van der Waals surface area contributed by atoms with Crippen LogP contribution in [0.15, 0.2) is 71.6 Å². The molecule has 3 aromatic carbocycles. The normalized spacial score (nSPS) is 12.1. The monoisotopic (exact) mass is 581 g/mol. The van der Waals surface area contributed by atoms with Crippen LogP contribution in [0, 0.1) is 6.92 Å². The lowest BCUT2D eigenvalue weighted by Crippen LogP contribution is -2.50. The van der Waals surface area contributed by atoms with E-state index in [1.54, 1.807) is 43.3 Å². The first-order valence-electron chi connectivity index (χ1n) is 11.2. The Kier molecular flexibility index (Phi) is 9.47. The van der Waals surface area contributed by atoms with Crippen molar-refractivity contribution < 1.29 is 18.0 Å². The first kappa shape index (κ1) is 28.8. The molecule has 0 unspecified atom stereocenters. The number of hydrogen-bond donors (Lipinski definition) is 1. The van der Waals surface area contributed by atoms with Gasteiger partial charge in [0, 0.05) is 23.6 Å². The maximum Gasteiger partial charge on any atom is 0.264 e. The zero-order valence-electron chi connectivity index (χ0n) is 20.4. The number of aryl methyl sites for hydroxylation is 1. The Bertz CT molecular complexity index is 1400. The van der Waals surface area contributed by atoms with Gasteiger partial charge in [0.05, 0.1) is 15.6 Å². The molecule has 0 radical (unpaired) electrons. The molecule has 1 atom stereocenters. The summed E-state index contributed by atoms with van der Waals surface area (Å²) in [5, 5.41) is 3.40. The van der Waals surface area contributed by atoms with Gasteiger partial charge in [-0.05, 0) is 55.8 Å². The van der Waals surface area contributed by atoms with Gasteiger partial charge in [-0.1, -0.05) is 70.7 Å². The standard InChI is InChI=1S/C26H26Cl3N3O4S/c1-17-8-12-21(13-9-17)37(35,36)32(24-7-5-4-6-22(24)28)16-25(33)31(18(2)26(34)30-3)15-19-10-11-20(27)14-23(19)29/h4-14,18H,15-16H2,1-3H3,(H,30,34)/t18-/m0/s1. The van der Waals surface area contributed by atoms with Gasteiger partial charge in [0.25, 0.3) is 10.0 Å². The molecule has 0 aromatic heterocycles. The average molecular weight is 583 g/mol. The van der Waals surface area contributed by atoms with Crippen LogP contribution in [0.4, 0.5) is 5.69 Å². The second-order valence-corrected chi connectivity index (χ2v) is 11.4. The van der Waals surface area contributed by atoms with Crippen LogP contribution < -0.4 is 9.62 Å². The van der Waals surface area contributed by atoms with Gasteiger partial charge in [0.15, 0.2) is 0 Å². The van der Waals surface area contributed by atoms with E-state index in [0.717, 1.165) is 9.87 Å². The fourth-order valence-electron chi connectivity index (χ4n) is 3.63. The SMILES string of the molecule is CNC(=O)[C@H](C)N(Cc1ccc(Cl)cc1Cl)C(=O)CN(c1ccccc1Cl)S(=O)(=O)c1ccc(C)cc1. The van der Waals surface area contributed by atoms with Crippen LogP contribution in [0.1, 0.15) is 18.1 Å². The molecular weight excluding hydrogens is 557 g/mol. The van der Waals surface area contributed by atoms with E-state index in [9.17, 15) is 18.0 Å². The predicted molar refractivity (Wildman–Crippen MR) is 148 cm³/mol. The summed E-state index contributed by atoms with van der Waals surface area (Å²) in [7, 11) is -2.75. The zero-order chi connectivity index (χ0) is 27.3. The van der Waals surface area contributed by atoms with Gasteiger partial charge >= 0.3 is 0 Å². The molecule has 0 heterocycles. The minimum Gasteiger partial charge on any atom is -0.357 e. The number of halogens is 3. The lowest BCUT2D eigenvalue weighted by molar-refractivity contribution is -0.139. The lowest BCUT2D eigenvalue weighted by Gasteiger charge is -2.32. The number of nitrogens with zero attached hydrogens (tertiary/aromatic N) is 2. The minimum atomic E-state index is -4.20. The highest BCUT2D eigenvalue weighted by Crippen LogP contribution is 2.31. The van der Waals surface area contributed by atoms with Crippen LogP contribution in [0.5, 0.6) is 0 Å². The van der Waals surface area contributed by atoms with E-state index in [4.69, 9.17) is 34.8 Å². The van der Waals surface area contributed by atoms with E-state index in [1.807, 2.05) is 6.92 Å². The fourth-order valence-corrected chi connectivity index (χ4v) is 5.82. The summed E-state index contributed by atoms with van der Waals surface area (Å²) in [5.41, 5.74) is 1.56. The largest absolute Gasteiger partial charge is 0.357 e. The molecule has 196 valence electrons. The Morgan fingerprint density at radius 1 is 0.946 bits per heavy atom. The van der Waals surface area contributed by atoms with E-state index in [-0.39, 0.29) is 22.2 Å². The number of amides is 2. The second-order valence-electron chi connectivity index (χ2n) is 8.32. The molecule has 3 rings (SSSR count). The third-order valence-corrected chi connectivity index (χ3v) is 8.46. The number of sulfonamides is 1. The van der Waals surface area contributed by atoms with Crippen molar-refractivity contribution in [1.82, 2.24) is 10.2 Å². The molecular formula is C26H26Cl3N3O4S. The number of para-hydroxylation sites is 1. The van der Waals surface area contributed by atoms with Crippen molar-refractivity contribution in [2.75, 3.05) is 17.9 Å². The second kappa shape index (κ2) is 12.2. The van der Waals surface area contributed by atoms with Gasteiger partial charge in [-0.25, -0.2) is 8.42 Å². The van der Waals surface area contributed by atoms with Crippen molar-refractivity contribution in [3.8, 4) is 0 Å². The molecule has 0 bridgehead atoms. The molecule has 0 saturated carbocycles. The van der Waals surface area contributed by atoms with Gasteiger partial charge < -0.3 is 10.2 Å². The Labute approximate surface area is 232 Å². The van der Waals surface area contributed by atoms with Crippen molar-refractivity contribution >= 4 is 62.3 Å². The molecule has 0 aliphatic heterocycles. The molecule has 7 nitrogen and oxygen atoms in total. The van der Waals surface area contributed by atoms with Crippen molar-refractivity contribution in [3.63, 3.8) is 0 Å². The molecule has 0 fully saturated rings. The van der Waals surface area contributed by atoms with Gasteiger partial charge in [-0.3, -0.25) is 13.9 Å². The Morgan fingerprint density at radius 3 is 2.19 bits per heavy atom. The average Bonchev–Trinajstić information content (AvgIpc) is 2.86. The van der Waals surface area contributed by atoms with Crippen LogP contribution in [-0.2, 0) is 26.2 Å². The smallest absolute Gasteiger partial charge is 0.264 e. The number of carbonyl (C=O) groups is 2. The summed E-state index contributed by atoms with van der Waals surface area (Å²) in [6.07, 6.45) is 0.